The summed E-state index contributed by atoms with van der Waals surface area (Å²) in [6.07, 6.45) is 12.2. The molecule has 0 spiro atoms. The molecule has 0 N–H and O–H groups in total. The summed E-state index contributed by atoms with van der Waals surface area (Å²) >= 11 is 0. The third-order valence-electron chi connectivity index (χ3n) is 12.7. The number of ether oxygens (including phenoxy) is 3. The monoisotopic (exact) mass is 666 g/mol. The number of esters is 2. The summed E-state index contributed by atoms with van der Waals surface area (Å²) in [5.41, 5.74) is 2.77. The number of rotatable bonds is 8. The zero-order valence-corrected chi connectivity index (χ0v) is 30.7. The minimum absolute atomic E-state index is 0.0314. The van der Waals surface area contributed by atoms with E-state index in [4.69, 9.17) is 14.2 Å². The Morgan fingerprint density at radius 3 is 1.37 bits per heavy atom. The van der Waals surface area contributed by atoms with Crippen LogP contribution in [-0.2, 0) is 34.6 Å². The molecule has 5 nitrogen and oxygen atoms in total. The van der Waals surface area contributed by atoms with Crippen molar-refractivity contribution in [1.82, 2.24) is 0 Å². The van der Waals surface area contributed by atoms with Crippen LogP contribution in [0.4, 0.5) is 0 Å². The number of hydrogen-bond donors (Lipinski definition) is 0. The minimum atomic E-state index is -0.752. The first-order valence-corrected chi connectivity index (χ1v) is 19.0. The third-order valence-corrected chi connectivity index (χ3v) is 12.7. The predicted molar refractivity (Wildman–Crippen MR) is 194 cm³/mol. The standard InChI is InChI=1S/C44H58O5/c1-29-25-35(21-23-39(29)43(3,4)31-15-9-7-10-16-31)48-41(45)37-27-33-19-13-14-20-34(47-33)28-38(37)42(46)49-36-22-24-40(30(2)26-36)44(5,6)32-17-11-8-12-18-32/h7-12,15-18,27-30,35-40H,13-14,19-26H2,1-6H3/t29-,30-,35-,36-,37-,38+,39-,40-/m1/s1. The van der Waals surface area contributed by atoms with Gasteiger partial charge in [0.25, 0.3) is 0 Å². The summed E-state index contributed by atoms with van der Waals surface area (Å²) in [6.45, 7) is 14.0. The van der Waals surface area contributed by atoms with Crippen molar-refractivity contribution in [3.63, 3.8) is 0 Å². The molecule has 2 heterocycles. The summed E-state index contributed by atoms with van der Waals surface area (Å²) in [5.74, 6) is 1.16. The Labute approximate surface area is 294 Å². The summed E-state index contributed by atoms with van der Waals surface area (Å²) in [7, 11) is 0. The Hall–Kier alpha value is -3.34. The molecule has 0 radical (unpaired) electrons. The van der Waals surface area contributed by atoms with Gasteiger partial charge in [-0.2, -0.15) is 0 Å². The lowest BCUT2D eigenvalue weighted by molar-refractivity contribution is -0.166. The van der Waals surface area contributed by atoms with Gasteiger partial charge in [-0.1, -0.05) is 102 Å². The fourth-order valence-electron chi connectivity index (χ4n) is 9.84. The van der Waals surface area contributed by atoms with Gasteiger partial charge >= 0.3 is 11.9 Å². The van der Waals surface area contributed by atoms with E-state index < -0.39 is 11.8 Å². The van der Waals surface area contributed by atoms with E-state index in [9.17, 15) is 9.59 Å². The largest absolute Gasteiger partial charge is 0.467 e. The van der Waals surface area contributed by atoms with E-state index in [0.29, 0.717) is 23.7 Å². The van der Waals surface area contributed by atoms with Gasteiger partial charge in [-0.25, -0.2) is 0 Å². The Morgan fingerprint density at radius 1 is 0.612 bits per heavy atom. The fraction of sp³-hybridized carbons (Fsp3) is 0.591. The molecule has 8 atom stereocenters. The van der Waals surface area contributed by atoms with Gasteiger partial charge in [0, 0.05) is 12.8 Å². The van der Waals surface area contributed by atoms with Crippen molar-refractivity contribution >= 4 is 11.9 Å². The molecule has 0 unspecified atom stereocenters. The second-order valence-corrected chi connectivity index (χ2v) is 16.7. The maximum atomic E-state index is 14.1. The van der Waals surface area contributed by atoms with Crippen LogP contribution < -0.4 is 0 Å². The van der Waals surface area contributed by atoms with E-state index in [-0.39, 0.29) is 35.0 Å². The molecular weight excluding hydrogens is 608 g/mol. The second kappa shape index (κ2) is 14.9. The van der Waals surface area contributed by atoms with Gasteiger partial charge in [-0.15, -0.1) is 0 Å². The molecule has 0 aromatic heterocycles. The van der Waals surface area contributed by atoms with Gasteiger partial charge in [0.15, 0.2) is 0 Å². The quantitative estimate of drug-likeness (QED) is 0.263. The molecule has 0 amide bonds. The number of allylic oxidation sites excluding steroid dienone is 2. The molecule has 2 aliphatic carbocycles. The van der Waals surface area contributed by atoms with Crippen LogP contribution in [0.3, 0.4) is 0 Å². The highest BCUT2D eigenvalue weighted by molar-refractivity contribution is 5.85. The van der Waals surface area contributed by atoms with Crippen LogP contribution in [0.25, 0.3) is 0 Å². The van der Waals surface area contributed by atoms with Crippen molar-refractivity contribution in [3.05, 3.63) is 95.5 Å². The van der Waals surface area contributed by atoms with E-state index in [1.807, 2.05) is 12.2 Å². The topological polar surface area (TPSA) is 61.8 Å². The maximum Gasteiger partial charge on any atom is 0.314 e. The van der Waals surface area contributed by atoms with E-state index in [1.165, 1.54) is 11.1 Å². The van der Waals surface area contributed by atoms with Crippen molar-refractivity contribution in [3.8, 4) is 0 Å². The smallest absolute Gasteiger partial charge is 0.314 e. The van der Waals surface area contributed by atoms with Crippen molar-refractivity contribution < 1.29 is 23.8 Å². The van der Waals surface area contributed by atoms with Gasteiger partial charge in [0.2, 0.25) is 0 Å². The Morgan fingerprint density at radius 2 is 1.00 bits per heavy atom. The first kappa shape index (κ1) is 35.5. The molecular formula is C44H58O5. The Kier molecular flexibility index (Phi) is 10.8. The lowest BCUT2D eigenvalue weighted by atomic mass is 9.63. The third kappa shape index (κ3) is 7.86. The molecule has 49 heavy (non-hydrogen) atoms. The number of fused-ring (bicyclic) bond motifs is 2. The molecule has 3 fully saturated rings. The van der Waals surface area contributed by atoms with Crippen molar-refractivity contribution in [1.29, 1.82) is 0 Å². The van der Waals surface area contributed by atoms with E-state index in [1.54, 1.807) is 0 Å². The normalized spacial score (nSPS) is 30.8. The van der Waals surface area contributed by atoms with Gasteiger partial charge in [-0.05, 0) is 109 Å². The maximum absolute atomic E-state index is 14.1. The molecule has 2 aromatic carbocycles. The number of carbonyl (C=O) groups excluding carboxylic acids is 2. The zero-order chi connectivity index (χ0) is 34.8. The van der Waals surface area contributed by atoms with Crippen LogP contribution in [0.2, 0.25) is 0 Å². The molecule has 6 rings (SSSR count). The molecule has 2 aliphatic heterocycles. The molecule has 2 aromatic rings. The average Bonchev–Trinajstić information content (AvgIpc) is 3.43. The first-order chi connectivity index (χ1) is 23.4. The highest BCUT2D eigenvalue weighted by Crippen LogP contribution is 2.46. The lowest BCUT2D eigenvalue weighted by Crippen LogP contribution is -2.42. The van der Waals surface area contributed by atoms with Crippen LogP contribution in [0.1, 0.15) is 117 Å². The molecule has 5 heteroatoms. The predicted octanol–water partition coefficient (Wildman–Crippen LogP) is 10.2. The summed E-state index contributed by atoms with van der Waals surface area (Å²) in [6, 6.07) is 21.5. The first-order valence-electron chi connectivity index (χ1n) is 19.0. The Bertz CT molecular complexity index is 1390. The highest BCUT2D eigenvalue weighted by Gasteiger charge is 2.44. The summed E-state index contributed by atoms with van der Waals surface area (Å²) < 4.78 is 18.9. The van der Waals surface area contributed by atoms with Gasteiger partial charge in [0.05, 0.1) is 11.8 Å². The van der Waals surface area contributed by atoms with Gasteiger partial charge in [0.1, 0.15) is 23.7 Å². The fourth-order valence-corrected chi connectivity index (χ4v) is 9.84. The van der Waals surface area contributed by atoms with E-state index in [0.717, 1.165) is 75.7 Å². The van der Waals surface area contributed by atoms with Crippen LogP contribution in [-0.4, -0.2) is 24.1 Å². The van der Waals surface area contributed by atoms with Crippen LogP contribution in [0.15, 0.2) is 84.3 Å². The van der Waals surface area contributed by atoms with Gasteiger partial charge in [-0.3, -0.25) is 9.59 Å². The highest BCUT2D eigenvalue weighted by atomic mass is 16.6. The van der Waals surface area contributed by atoms with Crippen molar-refractivity contribution in [2.75, 3.05) is 0 Å². The van der Waals surface area contributed by atoms with Crippen LogP contribution >= 0.6 is 0 Å². The lowest BCUT2D eigenvalue weighted by Gasteiger charge is -2.44. The molecule has 4 aliphatic rings. The second-order valence-electron chi connectivity index (χ2n) is 16.7. The number of carbonyl (C=O) groups is 2. The zero-order valence-electron chi connectivity index (χ0n) is 30.7. The molecule has 2 saturated carbocycles. The van der Waals surface area contributed by atoms with Crippen LogP contribution in [0.5, 0.6) is 0 Å². The SMILES string of the molecule is C[C@@H]1C[C@H](OC(=O)[C@H]2C=C3CCCCC(=C[C@H]2C(=O)O[C@@H]2CC[C@@H](C(C)(C)c4ccccc4)[C@H](C)C2)O3)CC[C@H]1C(C)(C)c1ccccc1. The summed E-state index contributed by atoms with van der Waals surface area (Å²) in [5, 5.41) is 0. The molecule has 264 valence electrons. The van der Waals surface area contributed by atoms with E-state index >= 15 is 0 Å². The number of benzene rings is 2. The van der Waals surface area contributed by atoms with Gasteiger partial charge < -0.3 is 14.2 Å². The molecule has 2 bridgehead atoms. The summed E-state index contributed by atoms with van der Waals surface area (Å²) in [4.78, 5) is 28.2. The van der Waals surface area contributed by atoms with Crippen molar-refractivity contribution in [2.24, 2.45) is 35.5 Å². The minimum Gasteiger partial charge on any atom is -0.467 e. The van der Waals surface area contributed by atoms with Crippen LogP contribution in [0, 0.1) is 35.5 Å². The number of hydrogen-bond acceptors (Lipinski definition) is 5. The Balaban J connectivity index is 1.13. The molecule has 1 saturated heterocycles. The van der Waals surface area contributed by atoms with E-state index in [2.05, 4.69) is 102 Å². The van der Waals surface area contributed by atoms with Crippen molar-refractivity contribution in [2.45, 2.75) is 129 Å². The average molecular weight is 667 g/mol.